The second-order valence-electron chi connectivity index (χ2n) is 2.38. The summed E-state index contributed by atoms with van der Waals surface area (Å²) in [6, 6.07) is 10.9. The van der Waals surface area contributed by atoms with E-state index < -0.39 is 0 Å². The van der Waals surface area contributed by atoms with Gasteiger partial charge in [0, 0.05) is 0 Å². The molecule has 0 atom stereocenters. The third kappa shape index (κ3) is 5.02. The predicted molar refractivity (Wildman–Crippen MR) is 47.1 cm³/mol. The molecule has 0 saturated carbocycles. The van der Waals surface area contributed by atoms with Crippen LogP contribution in [0.15, 0.2) is 24.3 Å². The number of nitriles is 2. The fourth-order valence-corrected chi connectivity index (χ4v) is 0.807. The first kappa shape index (κ1) is 10.2. The van der Waals surface area contributed by atoms with E-state index in [-0.39, 0.29) is 0 Å². The molecule has 0 fully saturated rings. The van der Waals surface area contributed by atoms with Gasteiger partial charge in [-0.2, -0.15) is 10.5 Å². The van der Waals surface area contributed by atoms with Gasteiger partial charge in [0.05, 0.1) is 0 Å². The van der Waals surface area contributed by atoms with E-state index in [9.17, 15) is 0 Å². The molecule has 12 heavy (non-hydrogen) atoms. The summed E-state index contributed by atoms with van der Waals surface area (Å²) in [7, 11) is 0. The first-order valence-corrected chi connectivity index (χ1v) is 3.52. The third-order valence-corrected chi connectivity index (χ3v) is 1.22. The van der Waals surface area contributed by atoms with Crippen molar-refractivity contribution in [1.82, 2.24) is 0 Å². The molecule has 0 aliphatic heterocycles. The Bertz CT molecular complexity index is 286. The summed E-state index contributed by atoms with van der Waals surface area (Å²) in [4.78, 5) is 0. The number of hydrogen-bond acceptors (Lipinski definition) is 2. The first-order valence-electron chi connectivity index (χ1n) is 3.52. The zero-order valence-corrected chi connectivity index (χ0v) is 7.20. The van der Waals surface area contributed by atoms with Crippen LogP contribution >= 0.6 is 0 Å². The number of rotatable bonds is 0. The van der Waals surface area contributed by atoms with Gasteiger partial charge in [0.2, 0.25) is 0 Å². The lowest BCUT2D eigenvalue weighted by molar-refractivity contribution is 1.39. The molecule has 0 N–H and O–H groups in total. The molecule has 0 saturated heterocycles. The zero-order chi connectivity index (χ0) is 9.40. The van der Waals surface area contributed by atoms with Crippen LogP contribution in [-0.2, 0) is 0 Å². The third-order valence-electron chi connectivity index (χ3n) is 1.22. The van der Waals surface area contributed by atoms with Crippen molar-refractivity contribution in [2.24, 2.45) is 0 Å². The Balaban J connectivity index is 0.000000261. The normalized spacial score (nSPS) is 7.00. The monoisotopic (exact) mass is 158 g/mol. The Labute approximate surface area is 72.7 Å². The van der Waals surface area contributed by atoms with Crippen molar-refractivity contribution in [3.63, 3.8) is 0 Å². The summed E-state index contributed by atoms with van der Waals surface area (Å²) in [5.41, 5.74) is 2.68. The Kier molecular flexibility index (Phi) is 5.05. The van der Waals surface area contributed by atoms with Gasteiger partial charge in [0.1, 0.15) is 0 Å². The van der Waals surface area contributed by atoms with E-state index >= 15 is 0 Å². The molecule has 1 aromatic rings. The van der Waals surface area contributed by atoms with E-state index in [0.29, 0.717) is 0 Å². The van der Waals surface area contributed by atoms with Gasteiger partial charge in [-0.25, -0.2) is 0 Å². The summed E-state index contributed by atoms with van der Waals surface area (Å²) in [5.74, 6) is 0. The van der Waals surface area contributed by atoms with Crippen LogP contribution in [0.25, 0.3) is 0 Å². The highest BCUT2D eigenvalue weighted by molar-refractivity contribution is 5.20. The summed E-state index contributed by atoms with van der Waals surface area (Å²) < 4.78 is 0. The average molecular weight is 158 g/mol. The van der Waals surface area contributed by atoms with Gasteiger partial charge >= 0.3 is 0 Å². The van der Waals surface area contributed by atoms with Gasteiger partial charge in [-0.05, 0) is 13.8 Å². The van der Waals surface area contributed by atoms with Gasteiger partial charge in [-0.1, -0.05) is 35.4 Å². The summed E-state index contributed by atoms with van der Waals surface area (Å²) in [5, 5.41) is 14.5. The van der Waals surface area contributed by atoms with Crippen molar-refractivity contribution in [1.29, 1.82) is 10.5 Å². The Morgan fingerprint density at radius 3 is 1.58 bits per heavy atom. The minimum atomic E-state index is 1.24. The van der Waals surface area contributed by atoms with E-state index in [2.05, 4.69) is 38.1 Å². The highest BCUT2D eigenvalue weighted by Gasteiger charge is 1.80. The SMILES string of the molecule is Cc1cccc(C)c1.N#CC#N. The molecule has 0 spiro atoms. The van der Waals surface area contributed by atoms with Crippen molar-refractivity contribution >= 4 is 0 Å². The van der Waals surface area contributed by atoms with Crippen LogP contribution < -0.4 is 0 Å². The standard InChI is InChI=1S/C8H10.C2N2/c1-7-4-3-5-8(2)6-7;3-1-2-4/h3-6H,1-2H3;. The summed E-state index contributed by atoms with van der Waals surface area (Å²) >= 11 is 0. The molecular weight excluding hydrogens is 148 g/mol. The summed E-state index contributed by atoms with van der Waals surface area (Å²) in [6.45, 7) is 4.21. The fraction of sp³-hybridized carbons (Fsp3) is 0.200. The van der Waals surface area contributed by atoms with Gasteiger partial charge in [-0.3, -0.25) is 0 Å². The maximum atomic E-state index is 7.26. The Morgan fingerprint density at radius 1 is 1.00 bits per heavy atom. The lowest BCUT2D eigenvalue weighted by Gasteiger charge is -1.90. The van der Waals surface area contributed by atoms with E-state index in [4.69, 9.17) is 10.5 Å². The van der Waals surface area contributed by atoms with E-state index in [0.717, 1.165) is 0 Å². The van der Waals surface area contributed by atoms with Crippen LogP contribution in [0.5, 0.6) is 0 Å². The van der Waals surface area contributed by atoms with Crippen LogP contribution in [0.2, 0.25) is 0 Å². The molecule has 0 aromatic heterocycles. The maximum absolute atomic E-state index is 7.26. The smallest absolute Gasteiger partial charge is 0.181 e. The second-order valence-corrected chi connectivity index (χ2v) is 2.38. The van der Waals surface area contributed by atoms with Gasteiger partial charge in [0.15, 0.2) is 12.1 Å². The number of aryl methyl sites for hydroxylation is 2. The highest BCUT2D eigenvalue weighted by atomic mass is 14.3. The van der Waals surface area contributed by atoms with Crippen LogP contribution in [-0.4, -0.2) is 0 Å². The number of nitrogens with zero attached hydrogens (tertiary/aromatic N) is 2. The molecule has 1 rings (SSSR count). The fourth-order valence-electron chi connectivity index (χ4n) is 0.807. The second kappa shape index (κ2) is 5.95. The molecule has 2 heteroatoms. The van der Waals surface area contributed by atoms with Gasteiger partial charge in [-0.15, -0.1) is 0 Å². The first-order chi connectivity index (χ1) is 5.70. The number of benzene rings is 1. The lowest BCUT2D eigenvalue weighted by atomic mass is 10.2. The van der Waals surface area contributed by atoms with Gasteiger partial charge in [0.25, 0.3) is 0 Å². The molecule has 0 radical (unpaired) electrons. The van der Waals surface area contributed by atoms with E-state index in [1.165, 1.54) is 23.3 Å². The molecule has 0 aliphatic carbocycles. The van der Waals surface area contributed by atoms with Crippen molar-refractivity contribution < 1.29 is 0 Å². The van der Waals surface area contributed by atoms with Crippen molar-refractivity contribution in [2.75, 3.05) is 0 Å². The largest absolute Gasteiger partial charge is 0.181 e. The maximum Gasteiger partial charge on any atom is 0.181 e. The number of hydrogen-bond donors (Lipinski definition) is 0. The Hall–Kier alpha value is -1.80. The van der Waals surface area contributed by atoms with Crippen molar-refractivity contribution in [3.8, 4) is 12.1 Å². The molecule has 0 aliphatic rings. The molecule has 0 bridgehead atoms. The molecule has 60 valence electrons. The van der Waals surface area contributed by atoms with Crippen LogP contribution in [0.3, 0.4) is 0 Å². The predicted octanol–water partition coefficient (Wildman–Crippen LogP) is 2.34. The highest BCUT2D eigenvalue weighted by Crippen LogP contribution is 2.00. The summed E-state index contributed by atoms with van der Waals surface area (Å²) in [6.07, 6.45) is 0. The topological polar surface area (TPSA) is 47.6 Å². The minimum Gasteiger partial charge on any atom is -0.181 e. The average Bonchev–Trinajstić information content (AvgIpc) is 2.04. The molecule has 0 unspecified atom stereocenters. The van der Waals surface area contributed by atoms with Crippen LogP contribution in [0, 0.1) is 36.5 Å². The minimum absolute atomic E-state index is 1.24. The lowest BCUT2D eigenvalue weighted by Crippen LogP contribution is -1.71. The molecule has 1 aromatic carbocycles. The van der Waals surface area contributed by atoms with Gasteiger partial charge < -0.3 is 0 Å². The Morgan fingerprint density at radius 2 is 1.42 bits per heavy atom. The molecular formula is C10H10N2. The van der Waals surface area contributed by atoms with Crippen LogP contribution in [0.4, 0.5) is 0 Å². The zero-order valence-electron chi connectivity index (χ0n) is 7.20. The quantitative estimate of drug-likeness (QED) is 0.581. The van der Waals surface area contributed by atoms with E-state index in [1.54, 1.807) is 0 Å². The molecule has 0 heterocycles. The van der Waals surface area contributed by atoms with E-state index in [1.807, 2.05) is 0 Å². The molecule has 0 amide bonds. The van der Waals surface area contributed by atoms with Crippen LogP contribution in [0.1, 0.15) is 11.1 Å². The molecule has 2 nitrogen and oxygen atoms in total. The van der Waals surface area contributed by atoms with Crippen molar-refractivity contribution in [2.45, 2.75) is 13.8 Å². The van der Waals surface area contributed by atoms with Crippen molar-refractivity contribution in [3.05, 3.63) is 35.4 Å².